The van der Waals surface area contributed by atoms with E-state index in [0.717, 1.165) is 23.4 Å². The van der Waals surface area contributed by atoms with Crippen LogP contribution >= 0.6 is 0 Å². The van der Waals surface area contributed by atoms with Gasteiger partial charge in [-0.25, -0.2) is 4.79 Å². The van der Waals surface area contributed by atoms with E-state index >= 15 is 0 Å². The number of hydrogen-bond acceptors (Lipinski definition) is 2. The SMILES string of the molecule is CC[C@@H](NC(=O)Nc1ccc(OC)cc1)c1ccccc1. The Morgan fingerprint density at radius 2 is 1.76 bits per heavy atom. The lowest BCUT2D eigenvalue weighted by Gasteiger charge is -2.18. The molecule has 0 spiro atoms. The smallest absolute Gasteiger partial charge is 0.319 e. The molecule has 2 N–H and O–H groups in total. The average Bonchev–Trinajstić information content (AvgIpc) is 2.54. The van der Waals surface area contributed by atoms with E-state index in [2.05, 4.69) is 10.6 Å². The highest BCUT2D eigenvalue weighted by atomic mass is 16.5. The van der Waals surface area contributed by atoms with E-state index in [4.69, 9.17) is 4.74 Å². The fourth-order valence-electron chi connectivity index (χ4n) is 2.11. The van der Waals surface area contributed by atoms with Crippen LogP contribution in [0.1, 0.15) is 24.9 Å². The third kappa shape index (κ3) is 4.24. The first-order chi connectivity index (χ1) is 10.2. The summed E-state index contributed by atoms with van der Waals surface area (Å²) in [4.78, 5) is 12.1. The van der Waals surface area contributed by atoms with Crippen LogP contribution in [-0.2, 0) is 0 Å². The van der Waals surface area contributed by atoms with E-state index in [-0.39, 0.29) is 12.1 Å². The van der Waals surface area contributed by atoms with Gasteiger partial charge >= 0.3 is 6.03 Å². The molecule has 0 fully saturated rings. The van der Waals surface area contributed by atoms with Crippen molar-refractivity contribution in [1.82, 2.24) is 5.32 Å². The Balaban J connectivity index is 1.96. The summed E-state index contributed by atoms with van der Waals surface area (Å²) >= 11 is 0. The van der Waals surface area contributed by atoms with Crippen LogP contribution in [0.5, 0.6) is 5.75 Å². The zero-order valence-electron chi connectivity index (χ0n) is 12.3. The molecule has 2 aromatic carbocycles. The van der Waals surface area contributed by atoms with Crippen LogP contribution in [0.2, 0.25) is 0 Å². The number of carbonyl (C=O) groups is 1. The molecule has 0 saturated carbocycles. The van der Waals surface area contributed by atoms with Crippen molar-refractivity contribution in [2.24, 2.45) is 0 Å². The molecule has 0 aliphatic rings. The third-order valence-corrected chi connectivity index (χ3v) is 3.26. The molecule has 0 unspecified atom stereocenters. The third-order valence-electron chi connectivity index (χ3n) is 3.26. The second-order valence-electron chi connectivity index (χ2n) is 4.70. The first kappa shape index (κ1) is 14.9. The monoisotopic (exact) mass is 284 g/mol. The van der Waals surface area contributed by atoms with Gasteiger partial charge in [0.2, 0.25) is 0 Å². The van der Waals surface area contributed by atoms with Crippen molar-refractivity contribution in [3.8, 4) is 5.75 Å². The molecule has 1 atom stereocenters. The zero-order valence-corrected chi connectivity index (χ0v) is 12.3. The predicted molar refractivity (Wildman–Crippen MR) is 84.6 cm³/mol. The molecule has 2 aromatic rings. The predicted octanol–water partition coefficient (Wildman–Crippen LogP) is 3.97. The molecule has 2 rings (SSSR count). The molecule has 0 saturated heterocycles. The number of urea groups is 1. The maximum absolute atomic E-state index is 12.1. The standard InChI is InChI=1S/C17H20N2O2/c1-3-16(13-7-5-4-6-8-13)19-17(20)18-14-9-11-15(21-2)12-10-14/h4-12,16H,3H2,1-2H3,(H2,18,19,20)/t16-/m1/s1. The van der Waals surface area contributed by atoms with Gasteiger partial charge in [0.15, 0.2) is 0 Å². The van der Waals surface area contributed by atoms with Gasteiger partial charge in [-0.05, 0) is 36.2 Å². The summed E-state index contributed by atoms with van der Waals surface area (Å²) in [5.74, 6) is 0.761. The summed E-state index contributed by atoms with van der Waals surface area (Å²) in [5.41, 5.74) is 1.83. The number of methoxy groups -OCH3 is 1. The maximum Gasteiger partial charge on any atom is 0.319 e. The largest absolute Gasteiger partial charge is 0.497 e. The first-order valence-electron chi connectivity index (χ1n) is 6.99. The van der Waals surface area contributed by atoms with E-state index in [0.29, 0.717) is 0 Å². The number of carbonyl (C=O) groups excluding carboxylic acids is 1. The molecular formula is C17H20N2O2. The van der Waals surface area contributed by atoms with Crippen LogP contribution in [0.15, 0.2) is 54.6 Å². The Morgan fingerprint density at radius 3 is 2.33 bits per heavy atom. The molecule has 0 aliphatic heterocycles. The van der Waals surface area contributed by atoms with Gasteiger partial charge < -0.3 is 15.4 Å². The quantitative estimate of drug-likeness (QED) is 0.873. The van der Waals surface area contributed by atoms with Gasteiger partial charge in [-0.15, -0.1) is 0 Å². The lowest BCUT2D eigenvalue weighted by molar-refractivity contribution is 0.248. The van der Waals surface area contributed by atoms with Crippen LogP contribution in [0.3, 0.4) is 0 Å². The van der Waals surface area contributed by atoms with Crippen molar-refractivity contribution in [3.63, 3.8) is 0 Å². The number of ether oxygens (including phenoxy) is 1. The van der Waals surface area contributed by atoms with Crippen LogP contribution < -0.4 is 15.4 Å². The van der Waals surface area contributed by atoms with Gasteiger partial charge in [-0.1, -0.05) is 37.3 Å². The molecule has 0 aromatic heterocycles. The number of hydrogen-bond donors (Lipinski definition) is 2. The molecule has 0 radical (unpaired) electrons. The molecular weight excluding hydrogens is 264 g/mol. The van der Waals surface area contributed by atoms with Crippen molar-refractivity contribution < 1.29 is 9.53 Å². The number of rotatable bonds is 5. The second-order valence-corrected chi connectivity index (χ2v) is 4.70. The highest BCUT2D eigenvalue weighted by molar-refractivity contribution is 5.89. The lowest BCUT2D eigenvalue weighted by atomic mass is 10.1. The lowest BCUT2D eigenvalue weighted by Crippen LogP contribution is -2.32. The summed E-state index contributed by atoms with van der Waals surface area (Å²) in [6, 6.07) is 17.0. The van der Waals surface area contributed by atoms with E-state index < -0.39 is 0 Å². The number of amides is 2. The van der Waals surface area contributed by atoms with E-state index in [1.807, 2.05) is 61.5 Å². The Morgan fingerprint density at radius 1 is 1.10 bits per heavy atom. The topological polar surface area (TPSA) is 50.4 Å². The Kier molecular flexibility index (Phi) is 5.21. The fraction of sp³-hybridized carbons (Fsp3) is 0.235. The number of anilines is 1. The normalized spacial score (nSPS) is 11.5. The Bertz CT molecular complexity index is 567. The first-order valence-corrected chi connectivity index (χ1v) is 6.99. The summed E-state index contributed by atoms with van der Waals surface area (Å²) < 4.78 is 5.09. The van der Waals surface area contributed by atoms with Crippen molar-refractivity contribution >= 4 is 11.7 Å². The maximum atomic E-state index is 12.1. The average molecular weight is 284 g/mol. The zero-order chi connectivity index (χ0) is 15.1. The second kappa shape index (κ2) is 7.33. The van der Waals surface area contributed by atoms with E-state index in [1.165, 1.54) is 0 Å². The van der Waals surface area contributed by atoms with Gasteiger partial charge in [-0.3, -0.25) is 0 Å². The number of nitrogens with one attached hydrogen (secondary N) is 2. The van der Waals surface area contributed by atoms with Crippen LogP contribution in [-0.4, -0.2) is 13.1 Å². The van der Waals surface area contributed by atoms with Crippen LogP contribution in [0.4, 0.5) is 10.5 Å². The van der Waals surface area contributed by atoms with E-state index in [1.54, 1.807) is 7.11 Å². The Labute approximate surface area is 125 Å². The minimum atomic E-state index is -0.212. The van der Waals surface area contributed by atoms with Crippen molar-refractivity contribution in [2.75, 3.05) is 12.4 Å². The molecule has 0 heterocycles. The molecule has 4 heteroatoms. The van der Waals surface area contributed by atoms with Gasteiger partial charge in [0.05, 0.1) is 13.2 Å². The molecule has 21 heavy (non-hydrogen) atoms. The molecule has 4 nitrogen and oxygen atoms in total. The summed E-state index contributed by atoms with van der Waals surface area (Å²) in [6.45, 7) is 2.05. The molecule has 2 amide bonds. The molecule has 0 bridgehead atoms. The van der Waals surface area contributed by atoms with Gasteiger partial charge in [-0.2, -0.15) is 0 Å². The van der Waals surface area contributed by atoms with Crippen LogP contribution in [0.25, 0.3) is 0 Å². The van der Waals surface area contributed by atoms with Gasteiger partial charge in [0, 0.05) is 5.69 Å². The van der Waals surface area contributed by atoms with Gasteiger partial charge in [0.25, 0.3) is 0 Å². The highest BCUT2D eigenvalue weighted by Gasteiger charge is 2.12. The minimum Gasteiger partial charge on any atom is -0.497 e. The highest BCUT2D eigenvalue weighted by Crippen LogP contribution is 2.17. The minimum absolute atomic E-state index is 0.00412. The van der Waals surface area contributed by atoms with Crippen molar-refractivity contribution in [1.29, 1.82) is 0 Å². The Hall–Kier alpha value is -2.49. The summed E-state index contributed by atoms with van der Waals surface area (Å²) in [6.07, 6.45) is 0.833. The summed E-state index contributed by atoms with van der Waals surface area (Å²) in [7, 11) is 1.61. The van der Waals surface area contributed by atoms with E-state index in [9.17, 15) is 4.79 Å². The van der Waals surface area contributed by atoms with Crippen molar-refractivity contribution in [2.45, 2.75) is 19.4 Å². The number of benzene rings is 2. The fourth-order valence-corrected chi connectivity index (χ4v) is 2.11. The van der Waals surface area contributed by atoms with Gasteiger partial charge in [0.1, 0.15) is 5.75 Å². The van der Waals surface area contributed by atoms with Crippen LogP contribution in [0, 0.1) is 0 Å². The van der Waals surface area contributed by atoms with Crippen molar-refractivity contribution in [3.05, 3.63) is 60.2 Å². The molecule has 0 aliphatic carbocycles. The summed E-state index contributed by atoms with van der Waals surface area (Å²) in [5, 5.41) is 5.80. The molecule has 110 valence electrons.